The molecule has 1 fully saturated rings. The van der Waals surface area contributed by atoms with Crippen LogP contribution >= 0.6 is 0 Å². The summed E-state index contributed by atoms with van der Waals surface area (Å²) in [5, 5.41) is 22.5. The average molecular weight is 314 g/mol. The number of phenols is 1. The van der Waals surface area contributed by atoms with Crippen LogP contribution in [0, 0.1) is 16.0 Å². The molecule has 0 aromatic heterocycles. The fraction of sp³-hybridized carbons (Fsp3) is 0.417. The van der Waals surface area contributed by atoms with Crippen molar-refractivity contribution in [3.05, 3.63) is 28.3 Å². The van der Waals surface area contributed by atoms with Crippen molar-refractivity contribution >= 4 is 21.4 Å². The predicted molar refractivity (Wildman–Crippen MR) is 73.4 cm³/mol. The summed E-state index contributed by atoms with van der Waals surface area (Å²) in [5.41, 5.74) is -0.0662. The Bertz CT molecular complexity index is 700. The summed E-state index contributed by atoms with van der Waals surface area (Å²) in [5.74, 6) is -1.75. The molecule has 0 bridgehead atoms. The highest BCUT2D eigenvalue weighted by atomic mass is 32.2. The van der Waals surface area contributed by atoms with Gasteiger partial charge < -0.3 is 10.4 Å². The SMILES string of the molecule is CCS(=O)(=O)c1ccc(O)c(NC(=O)[C@H]2C[C@@H]2[N+](=O)[O-])c1. The first-order valence-electron chi connectivity index (χ1n) is 6.26. The van der Waals surface area contributed by atoms with Gasteiger partial charge in [0.05, 0.1) is 16.3 Å². The number of amides is 1. The molecule has 0 unspecified atom stereocenters. The number of nitrogens with zero attached hydrogens (tertiary/aromatic N) is 1. The van der Waals surface area contributed by atoms with E-state index in [1.165, 1.54) is 13.0 Å². The van der Waals surface area contributed by atoms with E-state index >= 15 is 0 Å². The van der Waals surface area contributed by atoms with Gasteiger partial charge in [-0.3, -0.25) is 14.9 Å². The molecule has 1 aliphatic carbocycles. The molecule has 2 rings (SSSR count). The van der Waals surface area contributed by atoms with Crippen molar-refractivity contribution in [2.24, 2.45) is 5.92 Å². The molecular formula is C12H14N2O6S. The molecule has 1 aromatic carbocycles. The van der Waals surface area contributed by atoms with Crippen LogP contribution < -0.4 is 5.32 Å². The predicted octanol–water partition coefficient (Wildman–Crippen LogP) is 0.789. The van der Waals surface area contributed by atoms with Gasteiger partial charge in [-0.25, -0.2) is 8.42 Å². The number of nitro groups is 1. The van der Waals surface area contributed by atoms with Gasteiger partial charge in [-0.1, -0.05) is 6.92 Å². The van der Waals surface area contributed by atoms with Crippen molar-refractivity contribution in [3.63, 3.8) is 0 Å². The average Bonchev–Trinajstić information content (AvgIpc) is 3.21. The highest BCUT2D eigenvalue weighted by Crippen LogP contribution is 2.35. The molecule has 2 N–H and O–H groups in total. The Hall–Kier alpha value is -2.16. The van der Waals surface area contributed by atoms with Crippen LogP contribution in [-0.4, -0.2) is 36.1 Å². The molecule has 1 aromatic rings. The molecule has 0 heterocycles. The summed E-state index contributed by atoms with van der Waals surface area (Å²) in [7, 11) is -3.47. The molecule has 0 radical (unpaired) electrons. The molecule has 1 saturated carbocycles. The number of rotatable bonds is 5. The summed E-state index contributed by atoms with van der Waals surface area (Å²) in [6.45, 7) is 1.48. The van der Waals surface area contributed by atoms with Gasteiger partial charge in [0.2, 0.25) is 11.9 Å². The molecule has 0 saturated heterocycles. The first kappa shape index (κ1) is 15.2. The van der Waals surface area contributed by atoms with E-state index in [9.17, 15) is 28.4 Å². The van der Waals surface area contributed by atoms with Crippen molar-refractivity contribution in [1.29, 1.82) is 0 Å². The van der Waals surface area contributed by atoms with E-state index in [4.69, 9.17) is 0 Å². The zero-order valence-corrected chi connectivity index (χ0v) is 12.0. The van der Waals surface area contributed by atoms with Crippen LogP contribution in [-0.2, 0) is 14.6 Å². The van der Waals surface area contributed by atoms with Gasteiger partial charge >= 0.3 is 0 Å². The van der Waals surface area contributed by atoms with E-state index in [2.05, 4.69) is 5.32 Å². The lowest BCUT2D eigenvalue weighted by atomic mass is 10.2. The largest absolute Gasteiger partial charge is 0.506 e. The third-order valence-corrected chi connectivity index (χ3v) is 5.06. The number of hydrogen-bond acceptors (Lipinski definition) is 6. The fourth-order valence-corrected chi connectivity index (χ4v) is 2.80. The molecule has 8 nitrogen and oxygen atoms in total. The molecule has 0 aliphatic heterocycles. The number of benzene rings is 1. The Morgan fingerprint density at radius 2 is 2.19 bits per heavy atom. The Balaban J connectivity index is 2.19. The third kappa shape index (κ3) is 3.13. The number of phenolic OH excluding ortho intramolecular Hbond substituents is 1. The van der Waals surface area contributed by atoms with Crippen molar-refractivity contribution in [2.75, 3.05) is 11.1 Å². The normalized spacial score (nSPS) is 20.8. The van der Waals surface area contributed by atoms with Crippen LogP contribution in [0.4, 0.5) is 5.69 Å². The first-order valence-corrected chi connectivity index (χ1v) is 7.91. The number of carbonyl (C=O) groups excluding carboxylic acids is 1. The Labute approximate surface area is 120 Å². The molecular weight excluding hydrogens is 300 g/mol. The number of sulfone groups is 1. The second-order valence-electron chi connectivity index (χ2n) is 4.77. The van der Waals surface area contributed by atoms with Crippen LogP contribution in [0.2, 0.25) is 0 Å². The van der Waals surface area contributed by atoms with E-state index in [0.717, 1.165) is 12.1 Å². The minimum absolute atomic E-state index is 0.0280. The maximum atomic E-state index is 11.8. The van der Waals surface area contributed by atoms with Gasteiger partial charge in [-0.2, -0.15) is 0 Å². The zero-order valence-electron chi connectivity index (χ0n) is 11.1. The van der Waals surface area contributed by atoms with E-state index in [1.807, 2.05) is 0 Å². The zero-order chi connectivity index (χ0) is 15.8. The van der Waals surface area contributed by atoms with Crippen molar-refractivity contribution < 1.29 is 23.2 Å². The molecule has 9 heteroatoms. The molecule has 1 amide bonds. The van der Waals surface area contributed by atoms with Crippen LogP contribution in [0.5, 0.6) is 5.75 Å². The second-order valence-corrected chi connectivity index (χ2v) is 7.04. The summed E-state index contributed by atoms with van der Waals surface area (Å²) in [4.78, 5) is 21.8. The summed E-state index contributed by atoms with van der Waals surface area (Å²) in [6.07, 6.45) is 0.145. The maximum absolute atomic E-state index is 11.8. The van der Waals surface area contributed by atoms with E-state index in [0.29, 0.717) is 0 Å². The molecule has 1 aliphatic rings. The van der Waals surface area contributed by atoms with E-state index in [1.54, 1.807) is 0 Å². The smallest absolute Gasteiger partial charge is 0.234 e. The van der Waals surface area contributed by atoms with Crippen LogP contribution in [0.3, 0.4) is 0 Å². The molecule has 0 spiro atoms. The van der Waals surface area contributed by atoms with Gasteiger partial charge in [0.25, 0.3) is 0 Å². The fourth-order valence-electron chi connectivity index (χ4n) is 1.90. The topological polar surface area (TPSA) is 127 Å². The number of aromatic hydroxyl groups is 1. The maximum Gasteiger partial charge on any atom is 0.234 e. The minimum atomic E-state index is -3.47. The van der Waals surface area contributed by atoms with Crippen LogP contribution in [0.15, 0.2) is 23.1 Å². The van der Waals surface area contributed by atoms with Crippen LogP contribution in [0.1, 0.15) is 13.3 Å². The lowest BCUT2D eigenvalue weighted by Gasteiger charge is -2.09. The Morgan fingerprint density at radius 3 is 2.71 bits per heavy atom. The van der Waals surface area contributed by atoms with E-state index in [-0.39, 0.29) is 28.5 Å². The van der Waals surface area contributed by atoms with Gasteiger partial charge in [0, 0.05) is 11.3 Å². The highest BCUT2D eigenvalue weighted by molar-refractivity contribution is 7.91. The molecule has 2 atom stereocenters. The third-order valence-electron chi connectivity index (χ3n) is 3.33. The van der Waals surface area contributed by atoms with Crippen molar-refractivity contribution in [3.8, 4) is 5.75 Å². The van der Waals surface area contributed by atoms with Gasteiger partial charge in [0.15, 0.2) is 9.84 Å². The van der Waals surface area contributed by atoms with Gasteiger partial charge in [0.1, 0.15) is 11.7 Å². The standard InChI is InChI=1S/C12H14N2O6S/c1-2-21(19,20)7-3-4-11(15)9(5-7)13-12(16)8-6-10(8)14(17)18/h3-5,8,10,15H,2,6H2,1H3,(H,13,16)/t8-,10-/m0/s1. The van der Waals surface area contributed by atoms with Gasteiger partial charge in [-0.15, -0.1) is 0 Å². The lowest BCUT2D eigenvalue weighted by Crippen LogP contribution is -2.18. The minimum Gasteiger partial charge on any atom is -0.506 e. The van der Waals surface area contributed by atoms with Crippen LogP contribution in [0.25, 0.3) is 0 Å². The number of hydrogen-bond donors (Lipinski definition) is 2. The first-order chi connectivity index (χ1) is 9.76. The quantitative estimate of drug-likeness (QED) is 0.470. The number of nitrogens with one attached hydrogen (secondary N) is 1. The second kappa shape index (κ2) is 5.32. The Kier molecular flexibility index (Phi) is 3.86. The molecule has 21 heavy (non-hydrogen) atoms. The van der Waals surface area contributed by atoms with Crippen molar-refractivity contribution in [2.45, 2.75) is 24.3 Å². The monoisotopic (exact) mass is 314 g/mol. The number of carbonyl (C=O) groups is 1. The summed E-state index contributed by atoms with van der Waals surface area (Å²) >= 11 is 0. The number of anilines is 1. The van der Waals surface area contributed by atoms with Gasteiger partial charge in [-0.05, 0) is 18.2 Å². The van der Waals surface area contributed by atoms with Crippen molar-refractivity contribution in [1.82, 2.24) is 0 Å². The molecule has 114 valence electrons. The van der Waals surface area contributed by atoms with E-state index < -0.39 is 32.6 Å². The highest BCUT2D eigenvalue weighted by Gasteiger charge is 2.53. The lowest BCUT2D eigenvalue weighted by molar-refractivity contribution is -0.497. The summed E-state index contributed by atoms with van der Waals surface area (Å²) in [6, 6.07) is 2.64. The summed E-state index contributed by atoms with van der Waals surface area (Å²) < 4.78 is 23.5. The Morgan fingerprint density at radius 1 is 1.52 bits per heavy atom.